The SMILES string of the molecule is c1ccc2c(c1)cc1c3cccsc3cn21. The highest BCUT2D eigenvalue weighted by Crippen LogP contribution is 2.30. The Labute approximate surface area is 96.6 Å². The van der Waals surface area contributed by atoms with Gasteiger partial charge in [-0.15, -0.1) is 11.3 Å². The molecule has 0 saturated heterocycles. The Hall–Kier alpha value is -1.80. The molecule has 2 heteroatoms. The van der Waals surface area contributed by atoms with Crippen molar-refractivity contribution in [1.82, 2.24) is 4.40 Å². The third-order valence-electron chi connectivity index (χ3n) is 3.07. The van der Waals surface area contributed by atoms with Gasteiger partial charge in [0.1, 0.15) is 0 Å². The molecule has 0 amide bonds. The van der Waals surface area contributed by atoms with E-state index in [1.165, 1.54) is 26.5 Å². The molecule has 1 aromatic carbocycles. The van der Waals surface area contributed by atoms with E-state index in [4.69, 9.17) is 0 Å². The smallest absolute Gasteiger partial charge is 0.0550 e. The number of rotatable bonds is 0. The van der Waals surface area contributed by atoms with Gasteiger partial charge in [0.15, 0.2) is 0 Å². The van der Waals surface area contributed by atoms with Gasteiger partial charge in [-0.2, -0.15) is 0 Å². The molecule has 4 rings (SSSR count). The number of fused-ring (bicyclic) bond motifs is 5. The van der Waals surface area contributed by atoms with Crippen LogP contribution in [0.3, 0.4) is 0 Å². The first kappa shape index (κ1) is 8.36. The number of hydrogen-bond donors (Lipinski definition) is 0. The maximum Gasteiger partial charge on any atom is 0.0550 e. The lowest BCUT2D eigenvalue weighted by atomic mass is 10.2. The van der Waals surface area contributed by atoms with Crippen molar-refractivity contribution in [2.24, 2.45) is 0 Å². The summed E-state index contributed by atoms with van der Waals surface area (Å²) >= 11 is 1.79. The molecule has 1 nitrogen and oxygen atoms in total. The average Bonchev–Trinajstić information content (AvgIpc) is 2.85. The maximum absolute atomic E-state index is 2.29. The molecule has 4 aromatic rings. The van der Waals surface area contributed by atoms with Crippen LogP contribution in [0.15, 0.2) is 54.0 Å². The van der Waals surface area contributed by atoms with Crippen molar-refractivity contribution < 1.29 is 0 Å². The summed E-state index contributed by atoms with van der Waals surface area (Å²) in [5.41, 5.74) is 2.61. The number of hydrogen-bond acceptors (Lipinski definition) is 1. The summed E-state index contributed by atoms with van der Waals surface area (Å²) in [7, 11) is 0. The highest BCUT2D eigenvalue weighted by Gasteiger charge is 2.07. The van der Waals surface area contributed by atoms with E-state index >= 15 is 0 Å². The van der Waals surface area contributed by atoms with Crippen LogP contribution in [-0.2, 0) is 0 Å². The number of para-hydroxylation sites is 1. The third kappa shape index (κ3) is 0.947. The first-order chi connectivity index (χ1) is 7.93. The van der Waals surface area contributed by atoms with E-state index in [0.29, 0.717) is 0 Å². The van der Waals surface area contributed by atoms with Gasteiger partial charge in [0, 0.05) is 17.0 Å². The monoisotopic (exact) mass is 223 g/mol. The summed E-state index contributed by atoms with van der Waals surface area (Å²) in [6.07, 6.45) is 2.23. The van der Waals surface area contributed by atoms with Crippen molar-refractivity contribution in [3.05, 3.63) is 54.0 Å². The van der Waals surface area contributed by atoms with E-state index in [2.05, 4.69) is 58.4 Å². The van der Waals surface area contributed by atoms with Crippen LogP contribution in [0.2, 0.25) is 0 Å². The van der Waals surface area contributed by atoms with E-state index in [9.17, 15) is 0 Å². The second kappa shape index (κ2) is 2.86. The van der Waals surface area contributed by atoms with Crippen LogP contribution in [0.5, 0.6) is 0 Å². The Kier molecular flexibility index (Phi) is 1.50. The van der Waals surface area contributed by atoms with Gasteiger partial charge in [0.25, 0.3) is 0 Å². The zero-order chi connectivity index (χ0) is 10.5. The van der Waals surface area contributed by atoms with Crippen LogP contribution < -0.4 is 0 Å². The molecule has 0 spiro atoms. The second-order valence-electron chi connectivity index (χ2n) is 3.98. The lowest BCUT2D eigenvalue weighted by molar-refractivity contribution is 1.31. The lowest BCUT2D eigenvalue weighted by Crippen LogP contribution is -1.73. The van der Waals surface area contributed by atoms with Gasteiger partial charge in [0.05, 0.1) is 15.7 Å². The molecule has 0 bridgehead atoms. The van der Waals surface area contributed by atoms with Crippen LogP contribution in [-0.4, -0.2) is 4.40 Å². The summed E-state index contributed by atoms with van der Waals surface area (Å²) in [6, 6.07) is 15.1. The van der Waals surface area contributed by atoms with Crippen molar-refractivity contribution in [3.8, 4) is 0 Å². The van der Waals surface area contributed by atoms with E-state index in [0.717, 1.165) is 0 Å². The first-order valence-corrected chi connectivity index (χ1v) is 6.17. The fourth-order valence-corrected chi connectivity index (χ4v) is 3.11. The van der Waals surface area contributed by atoms with Crippen molar-refractivity contribution in [2.45, 2.75) is 0 Å². The molecule has 3 heterocycles. The number of benzene rings is 1. The van der Waals surface area contributed by atoms with Crippen molar-refractivity contribution >= 4 is 37.8 Å². The van der Waals surface area contributed by atoms with E-state index in [-0.39, 0.29) is 0 Å². The van der Waals surface area contributed by atoms with Crippen molar-refractivity contribution in [2.75, 3.05) is 0 Å². The van der Waals surface area contributed by atoms with Crippen LogP contribution in [0.25, 0.3) is 26.5 Å². The van der Waals surface area contributed by atoms with Crippen LogP contribution in [0.4, 0.5) is 0 Å². The molecule has 0 saturated carbocycles. The molecule has 0 aliphatic heterocycles. The maximum atomic E-state index is 2.29. The van der Waals surface area contributed by atoms with Gasteiger partial charge in [-0.1, -0.05) is 30.3 Å². The van der Waals surface area contributed by atoms with E-state index < -0.39 is 0 Å². The Morgan fingerprint density at radius 3 is 2.88 bits per heavy atom. The zero-order valence-corrected chi connectivity index (χ0v) is 9.37. The van der Waals surface area contributed by atoms with Crippen molar-refractivity contribution in [3.63, 3.8) is 0 Å². The van der Waals surface area contributed by atoms with E-state index in [1.807, 2.05) is 0 Å². The zero-order valence-electron chi connectivity index (χ0n) is 8.55. The summed E-state index contributed by atoms with van der Waals surface area (Å²) in [4.78, 5) is 0. The fraction of sp³-hybridized carbons (Fsp3) is 0. The molecule has 0 aliphatic carbocycles. The molecule has 0 aliphatic rings. The molecule has 16 heavy (non-hydrogen) atoms. The van der Waals surface area contributed by atoms with Gasteiger partial charge in [-0.25, -0.2) is 0 Å². The average molecular weight is 223 g/mol. The van der Waals surface area contributed by atoms with Crippen LogP contribution in [0.1, 0.15) is 0 Å². The van der Waals surface area contributed by atoms with Gasteiger partial charge >= 0.3 is 0 Å². The Balaban J connectivity index is 2.35. The molecular weight excluding hydrogens is 214 g/mol. The topological polar surface area (TPSA) is 4.41 Å². The Morgan fingerprint density at radius 1 is 0.938 bits per heavy atom. The largest absolute Gasteiger partial charge is 0.314 e. The highest BCUT2D eigenvalue weighted by atomic mass is 32.1. The summed E-state index contributed by atoms with van der Waals surface area (Å²) in [6.45, 7) is 0. The van der Waals surface area contributed by atoms with E-state index in [1.54, 1.807) is 11.3 Å². The Morgan fingerprint density at radius 2 is 1.88 bits per heavy atom. The number of nitrogens with zero attached hydrogens (tertiary/aromatic N) is 1. The fourth-order valence-electron chi connectivity index (χ4n) is 2.34. The minimum absolute atomic E-state index is 1.29. The third-order valence-corrected chi connectivity index (χ3v) is 3.94. The number of aromatic nitrogens is 1. The predicted octanol–water partition coefficient (Wildman–Crippen LogP) is 4.31. The van der Waals surface area contributed by atoms with Crippen LogP contribution >= 0.6 is 11.3 Å². The molecule has 0 fully saturated rings. The van der Waals surface area contributed by atoms with Crippen LogP contribution in [0, 0.1) is 0 Å². The molecule has 0 unspecified atom stereocenters. The molecule has 3 aromatic heterocycles. The summed E-state index contributed by atoms with van der Waals surface area (Å²) in [5, 5.41) is 4.79. The lowest BCUT2D eigenvalue weighted by Gasteiger charge is -1.89. The molecule has 0 N–H and O–H groups in total. The van der Waals surface area contributed by atoms with Gasteiger partial charge in [-0.3, -0.25) is 0 Å². The van der Waals surface area contributed by atoms with Gasteiger partial charge < -0.3 is 4.40 Å². The minimum atomic E-state index is 1.29. The van der Waals surface area contributed by atoms with Gasteiger partial charge in [-0.05, 0) is 17.5 Å². The normalized spacial score (nSPS) is 11.8. The highest BCUT2D eigenvalue weighted by molar-refractivity contribution is 7.16. The van der Waals surface area contributed by atoms with Gasteiger partial charge in [0.2, 0.25) is 0 Å². The first-order valence-electron chi connectivity index (χ1n) is 5.29. The second-order valence-corrected chi connectivity index (χ2v) is 4.93. The summed E-state index contributed by atoms with van der Waals surface area (Å²) in [5.74, 6) is 0. The minimum Gasteiger partial charge on any atom is -0.314 e. The quantitative estimate of drug-likeness (QED) is 0.418. The molecule has 0 atom stereocenters. The predicted molar refractivity (Wildman–Crippen MR) is 70.3 cm³/mol. The Bertz CT molecular complexity index is 737. The standard InChI is InChI=1S/C14H9NS/c1-2-6-12-10(4-1)8-13-11-5-3-7-16-14(11)9-15(12)13/h1-9H. The van der Waals surface area contributed by atoms with Crippen molar-refractivity contribution in [1.29, 1.82) is 0 Å². The summed E-state index contributed by atoms with van der Waals surface area (Å²) < 4.78 is 3.64. The molecular formula is C14H9NS. The molecule has 0 radical (unpaired) electrons. The molecule has 76 valence electrons.